The molecule has 6 nitrogen and oxygen atoms in total. The maximum Gasteiger partial charge on any atom is 0.261 e. The lowest BCUT2D eigenvalue weighted by molar-refractivity contribution is 0.0945. The highest BCUT2D eigenvalue weighted by Crippen LogP contribution is 2.27. The van der Waals surface area contributed by atoms with Crippen LogP contribution in [0.15, 0.2) is 59.4 Å². The van der Waals surface area contributed by atoms with Gasteiger partial charge in [-0.05, 0) is 49.8 Å². The Morgan fingerprint density at radius 1 is 1.18 bits per heavy atom. The number of nitrogens with zero attached hydrogens (tertiary/aromatic N) is 2. The number of hydrogen-bond acceptors (Lipinski definition) is 5. The molecule has 33 heavy (non-hydrogen) atoms. The number of halogens is 1. The summed E-state index contributed by atoms with van der Waals surface area (Å²) < 4.78 is 13.7. The number of carbonyl (C=O) groups is 1. The molecule has 1 amide bonds. The number of H-pyrrole nitrogens is 1. The zero-order valence-electron chi connectivity index (χ0n) is 18.7. The van der Waals surface area contributed by atoms with Crippen molar-refractivity contribution in [1.29, 1.82) is 0 Å². The number of amides is 1. The summed E-state index contributed by atoms with van der Waals surface area (Å²) in [5.74, 6) is -0.0314. The first-order valence-electron chi connectivity index (χ1n) is 10.6. The summed E-state index contributed by atoms with van der Waals surface area (Å²) in [6.07, 6.45) is 0.503. The Morgan fingerprint density at radius 2 is 1.94 bits per heavy atom. The van der Waals surface area contributed by atoms with E-state index < -0.39 is 0 Å². The van der Waals surface area contributed by atoms with Crippen molar-refractivity contribution in [2.75, 3.05) is 20.6 Å². The fourth-order valence-corrected chi connectivity index (χ4v) is 4.98. The van der Waals surface area contributed by atoms with E-state index in [-0.39, 0.29) is 23.3 Å². The van der Waals surface area contributed by atoms with Crippen molar-refractivity contribution in [3.63, 3.8) is 0 Å². The number of likely N-dealkylation sites (N-methyl/N-ethyl adjacent to an activating group) is 1. The van der Waals surface area contributed by atoms with Crippen LogP contribution in [0.2, 0.25) is 0 Å². The van der Waals surface area contributed by atoms with E-state index in [2.05, 4.69) is 15.3 Å². The van der Waals surface area contributed by atoms with E-state index in [4.69, 9.17) is 0 Å². The van der Waals surface area contributed by atoms with E-state index >= 15 is 0 Å². The first-order valence-corrected chi connectivity index (χ1v) is 11.4. The number of carbonyl (C=O) groups excluding carboxylic acids is 1. The molecule has 2 heterocycles. The van der Waals surface area contributed by atoms with Gasteiger partial charge in [-0.15, -0.1) is 11.3 Å². The number of aromatic nitrogens is 2. The summed E-state index contributed by atoms with van der Waals surface area (Å²) in [6, 6.07) is 15.9. The molecule has 0 aliphatic rings. The number of benzene rings is 2. The van der Waals surface area contributed by atoms with Gasteiger partial charge in [-0.3, -0.25) is 9.59 Å². The SMILES string of the molecule is Cc1c(C(=O)NCC(c2cccc(F)c2)N(C)C)sc2nc(Cc3ccccc3)[nH]c(=O)c12. The number of rotatable bonds is 7. The largest absolute Gasteiger partial charge is 0.349 e. The fourth-order valence-electron chi connectivity index (χ4n) is 3.86. The van der Waals surface area contributed by atoms with Crippen LogP contribution in [0.5, 0.6) is 0 Å². The van der Waals surface area contributed by atoms with Crippen LogP contribution < -0.4 is 10.9 Å². The van der Waals surface area contributed by atoms with E-state index in [9.17, 15) is 14.0 Å². The van der Waals surface area contributed by atoms with Crippen molar-refractivity contribution in [2.24, 2.45) is 0 Å². The molecule has 0 fully saturated rings. The highest BCUT2D eigenvalue weighted by Gasteiger charge is 2.21. The Hall–Kier alpha value is -3.36. The average molecular weight is 465 g/mol. The predicted octanol–water partition coefficient (Wildman–Crippen LogP) is 4.06. The van der Waals surface area contributed by atoms with Crippen molar-refractivity contribution >= 4 is 27.5 Å². The van der Waals surface area contributed by atoms with E-state index in [1.54, 1.807) is 13.0 Å². The molecular weight excluding hydrogens is 439 g/mol. The molecule has 0 bridgehead atoms. The van der Waals surface area contributed by atoms with Gasteiger partial charge in [-0.2, -0.15) is 0 Å². The summed E-state index contributed by atoms with van der Waals surface area (Å²) in [5, 5.41) is 3.38. The molecule has 4 aromatic rings. The van der Waals surface area contributed by atoms with Gasteiger partial charge in [0.15, 0.2) is 0 Å². The molecular formula is C25H25FN4O2S. The van der Waals surface area contributed by atoms with E-state index in [1.807, 2.05) is 55.4 Å². The molecule has 0 spiro atoms. The van der Waals surface area contributed by atoms with E-state index in [1.165, 1.54) is 23.5 Å². The monoisotopic (exact) mass is 464 g/mol. The number of hydrogen-bond donors (Lipinski definition) is 2. The maximum absolute atomic E-state index is 13.7. The molecule has 0 radical (unpaired) electrons. The summed E-state index contributed by atoms with van der Waals surface area (Å²) >= 11 is 1.21. The summed E-state index contributed by atoms with van der Waals surface area (Å²) in [7, 11) is 3.76. The Balaban J connectivity index is 1.57. The van der Waals surface area contributed by atoms with Gasteiger partial charge in [0, 0.05) is 13.0 Å². The summed E-state index contributed by atoms with van der Waals surface area (Å²) in [4.78, 5) is 36.2. The lowest BCUT2D eigenvalue weighted by Gasteiger charge is -2.25. The van der Waals surface area contributed by atoms with Crippen molar-refractivity contribution < 1.29 is 9.18 Å². The quantitative estimate of drug-likeness (QED) is 0.433. The zero-order chi connectivity index (χ0) is 23.5. The molecule has 2 N–H and O–H groups in total. The Morgan fingerprint density at radius 3 is 2.64 bits per heavy atom. The highest BCUT2D eigenvalue weighted by atomic mass is 32.1. The number of fused-ring (bicyclic) bond motifs is 1. The molecule has 2 aromatic heterocycles. The normalized spacial score (nSPS) is 12.3. The smallest absolute Gasteiger partial charge is 0.261 e. The minimum atomic E-state index is -0.317. The van der Waals surface area contributed by atoms with Crippen molar-refractivity contribution in [2.45, 2.75) is 19.4 Å². The van der Waals surface area contributed by atoms with Gasteiger partial charge >= 0.3 is 0 Å². The van der Waals surface area contributed by atoms with Crippen molar-refractivity contribution in [3.05, 3.63) is 98.2 Å². The minimum Gasteiger partial charge on any atom is -0.349 e. The molecule has 1 unspecified atom stereocenters. The van der Waals surface area contributed by atoms with Gasteiger partial charge in [0.25, 0.3) is 11.5 Å². The first kappa shape index (κ1) is 22.8. The number of aryl methyl sites for hydroxylation is 1. The summed E-state index contributed by atoms with van der Waals surface area (Å²) in [6.45, 7) is 2.06. The molecule has 2 aromatic carbocycles. The molecule has 0 aliphatic carbocycles. The number of aromatic amines is 1. The topological polar surface area (TPSA) is 78.1 Å². The Labute approximate surface area is 195 Å². The van der Waals surface area contributed by atoms with Crippen molar-refractivity contribution in [3.8, 4) is 0 Å². The second-order valence-electron chi connectivity index (χ2n) is 8.16. The third-order valence-electron chi connectivity index (χ3n) is 5.58. The third kappa shape index (κ3) is 5.02. The molecule has 4 rings (SSSR count). The van der Waals surface area contributed by atoms with Gasteiger partial charge in [-0.25, -0.2) is 9.37 Å². The first-order chi connectivity index (χ1) is 15.8. The predicted molar refractivity (Wildman–Crippen MR) is 129 cm³/mol. The lowest BCUT2D eigenvalue weighted by atomic mass is 10.1. The molecule has 0 aliphatic heterocycles. The standard InChI is InChI=1S/C25H25FN4O2S/c1-15-21-23(31)28-20(12-16-8-5-4-6-9-16)29-25(21)33-22(15)24(32)27-14-19(30(2)3)17-10-7-11-18(26)13-17/h4-11,13,19H,12,14H2,1-3H3,(H,27,32)(H,28,29,31). The molecule has 8 heteroatoms. The minimum absolute atomic E-state index is 0.196. The van der Waals surface area contributed by atoms with Gasteiger partial charge in [0.05, 0.1) is 16.3 Å². The van der Waals surface area contributed by atoms with Gasteiger partial charge < -0.3 is 15.2 Å². The highest BCUT2D eigenvalue weighted by molar-refractivity contribution is 7.20. The van der Waals surface area contributed by atoms with Crippen molar-refractivity contribution in [1.82, 2.24) is 20.2 Å². The second kappa shape index (κ2) is 9.64. The van der Waals surface area contributed by atoms with Crippen LogP contribution in [0.4, 0.5) is 4.39 Å². The molecule has 0 saturated heterocycles. The number of nitrogens with one attached hydrogen (secondary N) is 2. The van der Waals surface area contributed by atoms with Gasteiger partial charge in [0.1, 0.15) is 16.5 Å². The van der Waals surface area contributed by atoms with Crippen LogP contribution in [-0.4, -0.2) is 41.4 Å². The third-order valence-corrected chi connectivity index (χ3v) is 6.77. The Kier molecular flexibility index (Phi) is 6.67. The maximum atomic E-state index is 13.7. The molecule has 0 saturated carbocycles. The molecule has 1 atom stereocenters. The van der Waals surface area contributed by atoms with Crippen LogP contribution in [0.25, 0.3) is 10.2 Å². The lowest BCUT2D eigenvalue weighted by Crippen LogP contribution is -2.34. The number of thiophene rings is 1. The average Bonchev–Trinajstić information content (AvgIpc) is 3.11. The van der Waals surface area contributed by atoms with Crippen LogP contribution in [-0.2, 0) is 6.42 Å². The zero-order valence-corrected chi connectivity index (χ0v) is 19.5. The van der Waals surface area contributed by atoms with E-state index in [0.29, 0.717) is 39.4 Å². The molecule has 170 valence electrons. The summed E-state index contributed by atoms with van der Waals surface area (Å²) in [5.41, 5.74) is 2.18. The van der Waals surface area contributed by atoms with Crippen LogP contribution in [0.3, 0.4) is 0 Å². The van der Waals surface area contributed by atoms with Crippen LogP contribution >= 0.6 is 11.3 Å². The van der Waals surface area contributed by atoms with Crippen LogP contribution in [0.1, 0.15) is 38.2 Å². The van der Waals surface area contributed by atoms with Gasteiger partial charge in [-0.1, -0.05) is 42.5 Å². The van der Waals surface area contributed by atoms with Crippen LogP contribution in [0, 0.1) is 12.7 Å². The Bertz CT molecular complexity index is 1350. The van der Waals surface area contributed by atoms with Gasteiger partial charge in [0.2, 0.25) is 0 Å². The fraction of sp³-hybridized carbons (Fsp3) is 0.240. The second-order valence-corrected chi connectivity index (χ2v) is 9.15. The van der Waals surface area contributed by atoms with E-state index in [0.717, 1.165) is 11.1 Å².